The fourth-order valence-corrected chi connectivity index (χ4v) is 6.19. The third kappa shape index (κ3) is 4.57. The van der Waals surface area contributed by atoms with Crippen molar-refractivity contribution in [2.24, 2.45) is 10.8 Å². The molecular weight excluding hydrogens is 432 g/mol. The van der Waals surface area contributed by atoms with Gasteiger partial charge in [0, 0.05) is 35.5 Å². The van der Waals surface area contributed by atoms with Crippen molar-refractivity contribution in [3.63, 3.8) is 0 Å². The van der Waals surface area contributed by atoms with E-state index < -0.39 is 0 Å². The van der Waals surface area contributed by atoms with Crippen molar-refractivity contribution in [1.82, 2.24) is 0 Å². The molecule has 1 aromatic carbocycles. The van der Waals surface area contributed by atoms with Crippen LogP contribution in [-0.2, 0) is 11.8 Å². The second-order valence-corrected chi connectivity index (χ2v) is 12.5. The van der Waals surface area contributed by atoms with Crippen molar-refractivity contribution in [3.8, 4) is 0 Å². The van der Waals surface area contributed by atoms with E-state index in [-0.39, 0.29) is 23.3 Å². The number of anilines is 2. The van der Waals surface area contributed by atoms with Gasteiger partial charge >= 0.3 is 0 Å². The maximum atomic E-state index is 13.6. The van der Waals surface area contributed by atoms with E-state index in [0.717, 1.165) is 42.9 Å². The first-order chi connectivity index (χ1) is 15.7. The molecule has 0 unspecified atom stereocenters. The van der Waals surface area contributed by atoms with Gasteiger partial charge in [-0.3, -0.25) is 4.79 Å². The summed E-state index contributed by atoms with van der Waals surface area (Å²) in [6.45, 7) is 7.42. The molecule has 5 rings (SSSR count). The number of hydrogen-bond donors (Lipinski definition) is 2. The number of nitrogens with one attached hydrogen (secondary N) is 1. The molecule has 3 aliphatic rings. The Morgan fingerprint density at radius 1 is 1.12 bits per heavy atom. The maximum Gasteiger partial charge on any atom is 0.294 e. The van der Waals surface area contributed by atoms with E-state index in [1.54, 1.807) is 0 Å². The zero-order valence-corrected chi connectivity index (χ0v) is 20.9. The van der Waals surface area contributed by atoms with Crippen molar-refractivity contribution >= 4 is 29.2 Å². The number of benzene rings is 1. The van der Waals surface area contributed by atoms with Gasteiger partial charge in [0.2, 0.25) is 0 Å². The monoisotopic (exact) mass is 468 g/mol. The number of hydrogen-bond acceptors (Lipinski definition) is 5. The van der Waals surface area contributed by atoms with Gasteiger partial charge in [0.15, 0.2) is 5.76 Å². The third-order valence-electron chi connectivity index (χ3n) is 7.75. The first-order valence-corrected chi connectivity index (χ1v) is 13.3. The van der Waals surface area contributed by atoms with Crippen LogP contribution in [0.1, 0.15) is 81.2 Å². The summed E-state index contributed by atoms with van der Waals surface area (Å²) < 4.78 is 9.39. The molecule has 2 aliphatic carbocycles. The Balaban J connectivity index is 1.43. The van der Waals surface area contributed by atoms with E-state index in [1.165, 1.54) is 43.2 Å². The first kappa shape index (κ1) is 22.9. The number of aliphatic hydroxyl groups excluding tert-OH is 1. The molecule has 0 atom stereocenters. The van der Waals surface area contributed by atoms with Crippen LogP contribution in [0.2, 0.25) is 0 Å². The summed E-state index contributed by atoms with van der Waals surface area (Å²) in [5.41, 5.74) is 4.09. The Labute approximate surface area is 201 Å². The topological polar surface area (TPSA) is 65.7 Å². The highest BCUT2D eigenvalue weighted by Crippen LogP contribution is 2.62. The lowest BCUT2D eigenvalue weighted by Crippen LogP contribution is -2.39. The largest absolute Gasteiger partial charge is 0.456 e. The summed E-state index contributed by atoms with van der Waals surface area (Å²) in [6, 6.07) is 10.2. The van der Waals surface area contributed by atoms with Gasteiger partial charge in [0.05, 0.1) is 6.61 Å². The predicted octanol–water partition coefficient (Wildman–Crippen LogP) is 6.17. The van der Waals surface area contributed by atoms with Crippen LogP contribution in [-0.4, -0.2) is 29.9 Å². The van der Waals surface area contributed by atoms with Gasteiger partial charge in [0.25, 0.3) is 5.91 Å². The number of nitrogens with zero attached hydrogens (tertiary/aromatic N) is 1. The summed E-state index contributed by atoms with van der Waals surface area (Å²) >= 11 is 1.51. The van der Waals surface area contributed by atoms with E-state index in [9.17, 15) is 4.79 Å². The summed E-state index contributed by atoms with van der Waals surface area (Å²) in [4.78, 5) is 15.6. The minimum atomic E-state index is -0.0321. The number of rotatable bonds is 6. The lowest BCUT2D eigenvalue weighted by atomic mass is 9.66. The molecular formula is C27H36N2O3S. The Hall–Kier alpha value is -1.92. The lowest BCUT2D eigenvalue weighted by molar-refractivity contribution is 0.0950. The van der Waals surface area contributed by atoms with E-state index in [4.69, 9.17) is 9.52 Å². The van der Waals surface area contributed by atoms with Gasteiger partial charge in [-0.15, -0.1) is 0 Å². The Morgan fingerprint density at radius 2 is 1.85 bits per heavy atom. The average molecular weight is 469 g/mol. The Morgan fingerprint density at radius 3 is 2.52 bits per heavy atom. The third-order valence-corrected chi connectivity index (χ3v) is 8.52. The van der Waals surface area contributed by atoms with E-state index in [1.807, 2.05) is 23.1 Å². The molecule has 1 amide bonds. The normalized spacial score (nSPS) is 20.3. The Bertz CT molecular complexity index is 1020. The number of carbonyl (C=O) groups excluding carboxylic acids is 1. The molecule has 6 heteroatoms. The number of amides is 1. The van der Waals surface area contributed by atoms with Crippen LogP contribution < -0.4 is 9.62 Å². The van der Waals surface area contributed by atoms with Crippen LogP contribution in [0.3, 0.4) is 0 Å². The van der Waals surface area contributed by atoms with E-state index in [2.05, 4.69) is 37.6 Å². The van der Waals surface area contributed by atoms with Crippen molar-refractivity contribution < 1.29 is 14.3 Å². The van der Waals surface area contributed by atoms with Gasteiger partial charge in [0.1, 0.15) is 5.76 Å². The highest BCUT2D eigenvalue weighted by atomic mass is 32.2. The summed E-state index contributed by atoms with van der Waals surface area (Å²) in [6.07, 6.45) is 8.38. The summed E-state index contributed by atoms with van der Waals surface area (Å²) in [5, 5.41) is 9.11. The zero-order chi connectivity index (χ0) is 23.3. The molecule has 0 radical (unpaired) electrons. The molecule has 0 saturated heterocycles. The molecule has 0 bridgehead atoms. The Kier molecular flexibility index (Phi) is 5.81. The molecule has 2 saturated carbocycles. The van der Waals surface area contributed by atoms with Gasteiger partial charge in [-0.1, -0.05) is 32.7 Å². The molecule has 2 fully saturated rings. The van der Waals surface area contributed by atoms with E-state index in [0.29, 0.717) is 16.9 Å². The van der Waals surface area contributed by atoms with Crippen LogP contribution in [0.25, 0.3) is 0 Å². The molecule has 2 heterocycles. The SMILES string of the molecule is CC(C)(C)Cc1ccc(C(=O)N2CC3(CCC4(CC4)CC3)c3cc(NSCCO)ccc32)o1. The van der Waals surface area contributed by atoms with Crippen LogP contribution >= 0.6 is 11.9 Å². The standard InChI is InChI=1S/C27H36N2O3S/c1-25(2,3)17-20-5-7-23(32-20)24(31)29-18-27(12-10-26(8-9-26)11-13-27)21-16-19(4-6-22(21)29)28-33-15-14-30/h4-7,16,28,30H,8-15,17-18H2,1-3H3. The second-order valence-electron chi connectivity index (χ2n) is 11.6. The number of carbonyl (C=O) groups is 1. The maximum absolute atomic E-state index is 13.6. The lowest BCUT2D eigenvalue weighted by Gasteiger charge is -2.38. The second kappa shape index (κ2) is 8.38. The highest BCUT2D eigenvalue weighted by Gasteiger charge is 2.53. The number of aliphatic hydroxyl groups is 1. The average Bonchev–Trinajstić information content (AvgIpc) is 3.25. The van der Waals surface area contributed by atoms with Crippen molar-refractivity contribution in [2.45, 2.75) is 71.1 Å². The quantitative estimate of drug-likeness (QED) is 0.392. The van der Waals surface area contributed by atoms with Crippen LogP contribution in [0.15, 0.2) is 34.7 Å². The minimum absolute atomic E-state index is 0.0268. The molecule has 2 aromatic rings. The van der Waals surface area contributed by atoms with Gasteiger partial charge in [-0.05, 0) is 85.3 Å². The summed E-state index contributed by atoms with van der Waals surface area (Å²) in [5.74, 6) is 1.92. The molecule has 178 valence electrons. The molecule has 1 aliphatic heterocycles. The van der Waals surface area contributed by atoms with Crippen LogP contribution in [0.5, 0.6) is 0 Å². The van der Waals surface area contributed by atoms with Gasteiger partial charge < -0.3 is 19.1 Å². The minimum Gasteiger partial charge on any atom is -0.456 e. The van der Waals surface area contributed by atoms with Crippen LogP contribution in [0.4, 0.5) is 11.4 Å². The van der Waals surface area contributed by atoms with Gasteiger partial charge in [-0.2, -0.15) is 0 Å². The van der Waals surface area contributed by atoms with Crippen molar-refractivity contribution in [1.29, 1.82) is 0 Å². The number of fused-ring (bicyclic) bond motifs is 2. The molecule has 1 aromatic heterocycles. The molecule has 5 nitrogen and oxygen atoms in total. The number of furan rings is 1. The van der Waals surface area contributed by atoms with Crippen molar-refractivity contribution in [2.75, 3.05) is 28.5 Å². The fourth-order valence-electron chi connectivity index (χ4n) is 5.70. The first-order valence-electron chi connectivity index (χ1n) is 12.3. The molecule has 33 heavy (non-hydrogen) atoms. The summed E-state index contributed by atoms with van der Waals surface area (Å²) in [7, 11) is 0. The van der Waals surface area contributed by atoms with Crippen LogP contribution in [0, 0.1) is 10.8 Å². The zero-order valence-electron chi connectivity index (χ0n) is 20.1. The fraction of sp³-hybridized carbons (Fsp3) is 0.593. The smallest absolute Gasteiger partial charge is 0.294 e. The van der Waals surface area contributed by atoms with E-state index >= 15 is 0 Å². The predicted molar refractivity (Wildman–Crippen MR) is 135 cm³/mol. The highest BCUT2D eigenvalue weighted by molar-refractivity contribution is 8.00. The molecule has 2 N–H and O–H groups in total. The molecule has 2 spiro atoms. The van der Waals surface area contributed by atoms with Crippen molar-refractivity contribution in [3.05, 3.63) is 47.4 Å². The van der Waals surface area contributed by atoms with Gasteiger partial charge in [-0.25, -0.2) is 0 Å².